The van der Waals surface area contributed by atoms with E-state index in [0.29, 0.717) is 38.2 Å². The van der Waals surface area contributed by atoms with Gasteiger partial charge in [-0.15, -0.1) is 0 Å². The summed E-state index contributed by atoms with van der Waals surface area (Å²) < 4.78 is 41.3. The maximum atomic E-state index is 13.7. The fourth-order valence-corrected chi connectivity index (χ4v) is 8.89. The van der Waals surface area contributed by atoms with E-state index >= 15 is 0 Å². The minimum Gasteiger partial charge on any atom is -0.490 e. The van der Waals surface area contributed by atoms with Crippen LogP contribution < -0.4 is 10.1 Å². The van der Waals surface area contributed by atoms with Gasteiger partial charge in [-0.05, 0) is 106 Å². The zero-order chi connectivity index (χ0) is 29.7. The number of sulfonamides is 1. The topological polar surface area (TPSA) is 105 Å². The third-order valence-corrected chi connectivity index (χ3v) is 11.3. The number of carbonyl (C=O) groups is 1. The van der Waals surface area contributed by atoms with Gasteiger partial charge in [0.1, 0.15) is 12.4 Å². The summed E-state index contributed by atoms with van der Waals surface area (Å²) in [5.41, 5.74) is 7.33. The first-order valence-electron chi connectivity index (χ1n) is 14.9. The molecule has 0 saturated heterocycles. The molecule has 0 bridgehead atoms. The Bertz CT molecular complexity index is 1450. The smallest absolute Gasteiger partial charge is 0.337 e. The first-order valence-corrected chi connectivity index (χ1v) is 16.4. The molecule has 0 spiro atoms. The summed E-state index contributed by atoms with van der Waals surface area (Å²) in [6.07, 6.45) is 3.82. The van der Waals surface area contributed by atoms with Gasteiger partial charge in [-0.1, -0.05) is 25.3 Å². The van der Waals surface area contributed by atoms with E-state index in [2.05, 4.69) is 5.32 Å². The number of carboxylic acids is 1. The normalized spacial score (nSPS) is 19.1. The van der Waals surface area contributed by atoms with Gasteiger partial charge in [0.25, 0.3) is 0 Å². The van der Waals surface area contributed by atoms with Crippen molar-refractivity contribution < 1.29 is 27.8 Å². The summed E-state index contributed by atoms with van der Waals surface area (Å²) in [6.45, 7) is 13.6. The molecule has 1 atom stereocenters. The van der Waals surface area contributed by atoms with Crippen molar-refractivity contribution in [2.75, 3.05) is 25.0 Å². The average Bonchev–Trinajstić information content (AvgIpc) is 2.94. The highest BCUT2D eigenvalue weighted by Gasteiger charge is 2.39. The van der Waals surface area contributed by atoms with Gasteiger partial charge in [-0.3, -0.25) is 0 Å². The van der Waals surface area contributed by atoms with Gasteiger partial charge in [-0.2, -0.15) is 4.31 Å². The molecule has 2 aliphatic heterocycles. The second-order valence-corrected chi connectivity index (χ2v) is 14.9. The van der Waals surface area contributed by atoms with Crippen LogP contribution in [0.4, 0.5) is 5.69 Å². The molecule has 0 radical (unpaired) electrons. The lowest BCUT2D eigenvalue weighted by molar-refractivity contribution is -0.160. The number of aliphatic carboxylic acids is 1. The highest BCUT2D eigenvalue weighted by Crippen LogP contribution is 2.46. The van der Waals surface area contributed by atoms with E-state index in [9.17, 15) is 18.3 Å². The lowest BCUT2D eigenvalue weighted by atomic mass is 9.79. The molecule has 41 heavy (non-hydrogen) atoms. The lowest BCUT2D eigenvalue weighted by Gasteiger charge is -2.37. The molecular formula is C32H44N2O6S. The van der Waals surface area contributed by atoms with Gasteiger partial charge >= 0.3 is 5.97 Å². The fourth-order valence-electron chi connectivity index (χ4n) is 6.89. The van der Waals surface area contributed by atoms with Crippen LogP contribution >= 0.6 is 0 Å². The van der Waals surface area contributed by atoms with Gasteiger partial charge in [-0.25, -0.2) is 13.2 Å². The van der Waals surface area contributed by atoms with Crippen molar-refractivity contribution in [3.05, 3.63) is 45.5 Å². The Balaban J connectivity index is 1.71. The van der Waals surface area contributed by atoms with Crippen LogP contribution in [0.15, 0.2) is 12.1 Å². The Morgan fingerprint density at radius 3 is 2.44 bits per heavy atom. The van der Waals surface area contributed by atoms with Gasteiger partial charge in [0.2, 0.25) is 10.0 Å². The number of hydrogen-bond donors (Lipinski definition) is 2. The summed E-state index contributed by atoms with van der Waals surface area (Å²) in [7, 11) is -3.43. The average molecular weight is 585 g/mol. The molecule has 2 aromatic carbocycles. The van der Waals surface area contributed by atoms with Gasteiger partial charge in [0.05, 0.1) is 16.5 Å². The van der Waals surface area contributed by atoms with Crippen LogP contribution in [-0.2, 0) is 32.5 Å². The number of rotatable bonds is 6. The number of carboxylic acid groups (broad SMARTS) is 1. The summed E-state index contributed by atoms with van der Waals surface area (Å²) in [4.78, 5) is 12.8. The van der Waals surface area contributed by atoms with Crippen LogP contribution in [0.2, 0.25) is 0 Å². The van der Waals surface area contributed by atoms with Gasteiger partial charge < -0.3 is 19.9 Å². The molecule has 2 heterocycles. The number of anilines is 1. The van der Waals surface area contributed by atoms with Crippen molar-refractivity contribution in [1.29, 1.82) is 0 Å². The molecule has 224 valence electrons. The number of nitrogens with zero attached hydrogens (tertiary/aromatic N) is 1. The van der Waals surface area contributed by atoms with E-state index in [1.165, 1.54) is 0 Å². The van der Waals surface area contributed by atoms with Crippen molar-refractivity contribution >= 4 is 21.7 Å². The SMILES string of the molecule is Cc1c(-c2c(C)c3c(c(C)c2[C@H](OC(C)(C)C)C(=O)O)CCN(S(=O)(=O)C2CCCCC2)C3)ccc2c1NCCO2. The first kappa shape index (κ1) is 29.9. The third-order valence-electron chi connectivity index (χ3n) is 8.91. The molecule has 0 amide bonds. The van der Waals surface area contributed by atoms with E-state index in [1.807, 2.05) is 53.7 Å². The summed E-state index contributed by atoms with van der Waals surface area (Å²) >= 11 is 0. The second-order valence-electron chi connectivity index (χ2n) is 12.7. The Kier molecular flexibility index (Phi) is 8.18. The standard InChI is InChI=1S/C32H44N2O6S/c1-19-23-14-16-34(41(37,38)22-10-8-7-9-11-22)18-25(23)20(2)27(28(19)30(31(35)36)40-32(4,5)6)24-12-13-26-29(21(24)3)33-15-17-39-26/h12-13,22,30,33H,7-11,14-18H2,1-6H3,(H,35,36)/t30-/m0/s1. The minimum absolute atomic E-state index is 0.303. The Morgan fingerprint density at radius 1 is 1.07 bits per heavy atom. The minimum atomic E-state index is -3.43. The van der Waals surface area contributed by atoms with E-state index in [4.69, 9.17) is 9.47 Å². The molecule has 3 aliphatic rings. The summed E-state index contributed by atoms with van der Waals surface area (Å²) in [5.74, 6) is -0.269. The molecule has 2 N–H and O–H groups in total. The van der Waals surface area contributed by atoms with Crippen LogP contribution in [0.5, 0.6) is 5.75 Å². The van der Waals surface area contributed by atoms with Gasteiger partial charge in [0.15, 0.2) is 6.10 Å². The molecule has 1 saturated carbocycles. The van der Waals surface area contributed by atoms with Crippen LogP contribution in [0.3, 0.4) is 0 Å². The first-order chi connectivity index (χ1) is 19.3. The Morgan fingerprint density at radius 2 is 1.78 bits per heavy atom. The maximum Gasteiger partial charge on any atom is 0.337 e. The molecule has 0 unspecified atom stereocenters. The van der Waals surface area contributed by atoms with Crippen molar-refractivity contribution in [1.82, 2.24) is 4.31 Å². The lowest BCUT2D eigenvalue weighted by Crippen LogP contribution is -2.43. The molecule has 2 aromatic rings. The van der Waals surface area contributed by atoms with Crippen molar-refractivity contribution in [3.63, 3.8) is 0 Å². The highest BCUT2D eigenvalue weighted by molar-refractivity contribution is 7.89. The maximum absolute atomic E-state index is 13.7. The highest BCUT2D eigenvalue weighted by atomic mass is 32.2. The zero-order valence-corrected chi connectivity index (χ0v) is 26.0. The Hall–Kier alpha value is -2.62. The Labute approximate surface area is 244 Å². The van der Waals surface area contributed by atoms with Crippen molar-refractivity contribution in [2.24, 2.45) is 0 Å². The monoisotopic (exact) mass is 584 g/mol. The molecule has 1 aliphatic carbocycles. The number of ether oxygens (including phenoxy) is 2. The zero-order valence-electron chi connectivity index (χ0n) is 25.2. The van der Waals surface area contributed by atoms with Crippen molar-refractivity contribution in [3.8, 4) is 16.9 Å². The summed E-state index contributed by atoms with van der Waals surface area (Å²) in [5, 5.41) is 13.6. The second kappa shape index (κ2) is 11.2. The van der Waals surface area contributed by atoms with Crippen LogP contribution in [0.25, 0.3) is 11.1 Å². The molecule has 9 heteroatoms. The quantitative estimate of drug-likeness (QED) is 0.426. The van der Waals surface area contributed by atoms with E-state index in [-0.39, 0.29) is 5.25 Å². The van der Waals surface area contributed by atoms with E-state index in [0.717, 1.165) is 82.5 Å². The molecular weight excluding hydrogens is 540 g/mol. The van der Waals surface area contributed by atoms with Crippen LogP contribution in [0, 0.1) is 20.8 Å². The number of nitrogens with one attached hydrogen (secondary N) is 1. The van der Waals surface area contributed by atoms with Crippen LogP contribution in [-0.4, -0.2) is 54.3 Å². The predicted molar refractivity (Wildman–Crippen MR) is 161 cm³/mol. The molecule has 1 fully saturated rings. The van der Waals surface area contributed by atoms with E-state index in [1.54, 1.807) is 4.31 Å². The third kappa shape index (κ3) is 5.60. The number of benzene rings is 2. The number of hydrogen-bond acceptors (Lipinski definition) is 6. The van der Waals surface area contributed by atoms with Crippen molar-refractivity contribution in [2.45, 2.75) is 104 Å². The fraction of sp³-hybridized carbons (Fsp3) is 0.594. The predicted octanol–water partition coefficient (Wildman–Crippen LogP) is 6.04. The molecule has 0 aromatic heterocycles. The molecule has 8 nitrogen and oxygen atoms in total. The van der Waals surface area contributed by atoms with Crippen LogP contribution in [0.1, 0.15) is 92.4 Å². The largest absolute Gasteiger partial charge is 0.490 e. The number of fused-ring (bicyclic) bond motifs is 2. The summed E-state index contributed by atoms with van der Waals surface area (Å²) in [6, 6.07) is 3.93. The molecule has 5 rings (SSSR count). The van der Waals surface area contributed by atoms with E-state index < -0.39 is 27.7 Å². The van der Waals surface area contributed by atoms with Gasteiger partial charge in [0, 0.05) is 25.2 Å².